The Kier molecular flexibility index (Phi) is 8.24. The van der Waals surface area contributed by atoms with Gasteiger partial charge in [0.15, 0.2) is 0 Å². The Morgan fingerprint density at radius 3 is 2.47 bits per heavy atom. The molecular weight excluding hydrogens is 436 g/mol. The minimum Gasteiger partial charge on any atom is -0.497 e. The third-order valence-electron chi connectivity index (χ3n) is 5.52. The number of aromatic nitrogens is 1. The zero-order chi connectivity index (χ0) is 24.7. The second kappa shape index (κ2) is 11.3. The van der Waals surface area contributed by atoms with Crippen molar-refractivity contribution in [3.05, 3.63) is 66.4 Å². The molecule has 0 saturated heterocycles. The number of ether oxygens (including phenoxy) is 2. The molecule has 34 heavy (non-hydrogen) atoms. The number of anilines is 1. The van der Waals surface area contributed by atoms with Crippen molar-refractivity contribution in [2.45, 2.75) is 33.0 Å². The summed E-state index contributed by atoms with van der Waals surface area (Å²) in [6.45, 7) is 4.34. The highest BCUT2D eigenvalue weighted by Crippen LogP contribution is 2.29. The summed E-state index contributed by atoms with van der Waals surface area (Å²) in [6.07, 6.45) is 3.51. The van der Waals surface area contributed by atoms with Gasteiger partial charge < -0.3 is 33.6 Å². The summed E-state index contributed by atoms with van der Waals surface area (Å²) in [5.74, 6) is 1.56. The predicted octanol–water partition coefficient (Wildman–Crippen LogP) is 4.11. The summed E-state index contributed by atoms with van der Waals surface area (Å²) in [5.41, 5.74) is 1.46. The van der Waals surface area contributed by atoms with Gasteiger partial charge in [0, 0.05) is 31.0 Å². The molecule has 9 nitrogen and oxygen atoms in total. The molecule has 0 atom stereocenters. The summed E-state index contributed by atoms with van der Waals surface area (Å²) in [6, 6.07) is 12.0. The Labute approximate surface area is 199 Å². The van der Waals surface area contributed by atoms with Crippen LogP contribution in [0.2, 0.25) is 0 Å². The molecule has 2 heterocycles. The Morgan fingerprint density at radius 1 is 1.09 bits per heavy atom. The number of methoxy groups -OCH3 is 2. The Bertz CT molecular complexity index is 1090. The van der Waals surface area contributed by atoms with E-state index in [1.54, 1.807) is 42.5 Å². The molecule has 2 aromatic heterocycles. The Balaban J connectivity index is 1.77. The number of hydrogen-bond acceptors (Lipinski definition) is 5. The van der Waals surface area contributed by atoms with Crippen molar-refractivity contribution in [3.8, 4) is 11.5 Å². The number of nitrogens with one attached hydrogen (secondary N) is 1. The molecule has 0 aliphatic heterocycles. The fraction of sp³-hybridized carbons (Fsp3) is 0.360. The second-order valence-corrected chi connectivity index (χ2v) is 8.16. The maximum atomic E-state index is 13.4. The van der Waals surface area contributed by atoms with Crippen LogP contribution < -0.4 is 14.8 Å². The van der Waals surface area contributed by atoms with Crippen molar-refractivity contribution in [2.75, 3.05) is 26.1 Å². The van der Waals surface area contributed by atoms with Crippen molar-refractivity contribution in [3.63, 3.8) is 0 Å². The van der Waals surface area contributed by atoms with Gasteiger partial charge in [0.1, 0.15) is 23.8 Å². The first kappa shape index (κ1) is 24.8. The first-order valence-electron chi connectivity index (χ1n) is 11.0. The van der Waals surface area contributed by atoms with Gasteiger partial charge in [0.05, 0.1) is 39.3 Å². The normalized spacial score (nSPS) is 10.8. The van der Waals surface area contributed by atoms with Crippen LogP contribution in [0.5, 0.6) is 11.5 Å². The zero-order valence-corrected chi connectivity index (χ0v) is 20.3. The quantitative estimate of drug-likeness (QED) is 0.484. The number of aryl methyl sites for hydroxylation is 1. The fourth-order valence-electron chi connectivity index (χ4n) is 3.50. The SMILES string of the molecule is COc1ccc(NC(=O)N(CC(=O)N(Cc2ccco2)Cc2cccn2C)C(C)C)c(OC)c1. The van der Waals surface area contributed by atoms with Crippen molar-refractivity contribution >= 4 is 17.6 Å². The Hall–Kier alpha value is -3.88. The lowest BCUT2D eigenvalue weighted by Crippen LogP contribution is -2.47. The van der Waals surface area contributed by atoms with Gasteiger partial charge in [-0.15, -0.1) is 0 Å². The van der Waals surface area contributed by atoms with E-state index in [1.165, 1.54) is 12.0 Å². The largest absolute Gasteiger partial charge is 0.497 e. The molecule has 182 valence electrons. The van der Waals surface area contributed by atoms with E-state index in [1.807, 2.05) is 49.9 Å². The van der Waals surface area contributed by atoms with Crippen molar-refractivity contribution in [1.29, 1.82) is 0 Å². The number of furan rings is 1. The van der Waals surface area contributed by atoms with E-state index >= 15 is 0 Å². The lowest BCUT2D eigenvalue weighted by atomic mass is 10.2. The highest BCUT2D eigenvalue weighted by atomic mass is 16.5. The fourth-order valence-corrected chi connectivity index (χ4v) is 3.50. The molecule has 3 amide bonds. The van der Waals surface area contributed by atoms with E-state index in [0.717, 1.165) is 5.69 Å². The van der Waals surface area contributed by atoms with Crippen LogP contribution in [0.4, 0.5) is 10.5 Å². The van der Waals surface area contributed by atoms with Gasteiger partial charge in [-0.3, -0.25) is 4.79 Å². The predicted molar refractivity (Wildman–Crippen MR) is 129 cm³/mol. The summed E-state index contributed by atoms with van der Waals surface area (Å²) >= 11 is 0. The van der Waals surface area contributed by atoms with Gasteiger partial charge in [-0.05, 0) is 50.2 Å². The number of rotatable bonds is 10. The molecule has 3 aromatic rings. The third kappa shape index (κ3) is 6.12. The van der Waals surface area contributed by atoms with E-state index < -0.39 is 6.03 Å². The molecule has 0 bridgehead atoms. The minimum absolute atomic E-state index is 0.0902. The standard InChI is InChI=1S/C25H32N4O5/c1-18(2)29(25(31)26-22-11-10-20(32-4)14-23(22)33-5)17-24(30)28(16-21-9-7-13-34-21)15-19-8-6-12-27(19)3/h6-14,18H,15-17H2,1-5H3,(H,26,31). The number of urea groups is 1. The van der Waals surface area contributed by atoms with Crippen LogP contribution in [0.15, 0.2) is 59.3 Å². The molecule has 1 aromatic carbocycles. The molecule has 0 spiro atoms. The molecule has 3 rings (SSSR count). The molecule has 9 heteroatoms. The topological polar surface area (TPSA) is 89.2 Å². The zero-order valence-electron chi connectivity index (χ0n) is 20.3. The number of carbonyl (C=O) groups is 2. The number of benzene rings is 1. The first-order chi connectivity index (χ1) is 16.3. The summed E-state index contributed by atoms with van der Waals surface area (Å²) < 4.78 is 18.0. The van der Waals surface area contributed by atoms with Gasteiger partial charge in [0.2, 0.25) is 5.91 Å². The van der Waals surface area contributed by atoms with E-state index in [4.69, 9.17) is 13.9 Å². The molecular formula is C25H32N4O5. The summed E-state index contributed by atoms with van der Waals surface area (Å²) in [4.78, 5) is 29.7. The van der Waals surface area contributed by atoms with Gasteiger partial charge in [-0.25, -0.2) is 4.79 Å². The number of carbonyl (C=O) groups excluding carboxylic acids is 2. The van der Waals surface area contributed by atoms with Crippen molar-refractivity contribution in [1.82, 2.24) is 14.4 Å². The van der Waals surface area contributed by atoms with Gasteiger partial charge in [-0.1, -0.05) is 0 Å². The number of nitrogens with zero attached hydrogens (tertiary/aromatic N) is 3. The number of hydrogen-bond donors (Lipinski definition) is 1. The Morgan fingerprint density at radius 2 is 1.88 bits per heavy atom. The second-order valence-electron chi connectivity index (χ2n) is 8.16. The maximum Gasteiger partial charge on any atom is 0.322 e. The monoisotopic (exact) mass is 468 g/mol. The minimum atomic E-state index is -0.399. The average molecular weight is 469 g/mol. The number of amides is 3. The summed E-state index contributed by atoms with van der Waals surface area (Å²) in [5, 5.41) is 2.85. The van der Waals surface area contributed by atoms with Gasteiger partial charge in [-0.2, -0.15) is 0 Å². The smallest absolute Gasteiger partial charge is 0.322 e. The third-order valence-corrected chi connectivity index (χ3v) is 5.52. The first-order valence-corrected chi connectivity index (χ1v) is 11.0. The van der Waals surface area contributed by atoms with Crippen molar-refractivity contribution < 1.29 is 23.5 Å². The molecule has 0 fully saturated rings. The maximum absolute atomic E-state index is 13.4. The molecule has 0 saturated carbocycles. The highest BCUT2D eigenvalue weighted by Gasteiger charge is 2.25. The molecule has 0 radical (unpaired) electrons. The van der Waals surface area contributed by atoms with Crippen LogP contribution in [-0.2, 0) is 24.9 Å². The molecule has 0 aliphatic carbocycles. The van der Waals surface area contributed by atoms with E-state index in [9.17, 15) is 9.59 Å². The van der Waals surface area contributed by atoms with Crippen molar-refractivity contribution in [2.24, 2.45) is 7.05 Å². The van der Waals surface area contributed by atoms with Gasteiger partial charge >= 0.3 is 6.03 Å². The summed E-state index contributed by atoms with van der Waals surface area (Å²) in [7, 11) is 5.01. The van der Waals surface area contributed by atoms with Crippen LogP contribution in [0.25, 0.3) is 0 Å². The molecule has 0 aliphatic rings. The highest BCUT2D eigenvalue weighted by molar-refractivity contribution is 5.94. The van der Waals surface area contributed by atoms with Crippen LogP contribution in [0.1, 0.15) is 25.3 Å². The lowest BCUT2D eigenvalue weighted by molar-refractivity contribution is -0.133. The average Bonchev–Trinajstić information content (AvgIpc) is 3.48. The molecule has 1 N–H and O–H groups in total. The molecule has 0 unspecified atom stereocenters. The van der Waals surface area contributed by atoms with E-state index in [2.05, 4.69) is 5.32 Å². The van der Waals surface area contributed by atoms with Crippen LogP contribution in [0.3, 0.4) is 0 Å². The van der Waals surface area contributed by atoms with Gasteiger partial charge in [0.25, 0.3) is 0 Å². The van der Waals surface area contributed by atoms with Crippen LogP contribution >= 0.6 is 0 Å². The lowest BCUT2D eigenvalue weighted by Gasteiger charge is -2.30. The van der Waals surface area contributed by atoms with Crippen LogP contribution in [-0.4, -0.2) is 53.1 Å². The van der Waals surface area contributed by atoms with Crippen LogP contribution in [0, 0.1) is 0 Å². The van der Waals surface area contributed by atoms with E-state index in [-0.39, 0.29) is 18.5 Å². The van der Waals surface area contributed by atoms with E-state index in [0.29, 0.717) is 36.0 Å².